The molecule has 7 nitrogen and oxygen atoms in total. The Morgan fingerprint density at radius 2 is 1.97 bits per heavy atom. The summed E-state index contributed by atoms with van der Waals surface area (Å²) in [5.41, 5.74) is 2.29. The molecule has 1 unspecified atom stereocenters. The van der Waals surface area contributed by atoms with Gasteiger partial charge in [-0.25, -0.2) is 0 Å². The number of rotatable bonds is 7. The maximum atomic E-state index is 13.3. The third-order valence-corrected chi connectivity index (χ3v) is 6.16. The number of carbonyl (C=O) groups excluding carboxylic acids is 3. The number of amides is 1. The van der Waals surface area contributed by atoms with E-state index in [4.69, 9.17) is 14.4 Å². The quantitative estimate of drug-likeness (QED) is 0.420. The zero-order valence-corrected chi connectivity index (χ0v) is 18.7. The first-order valence-corrected chi connectivity index (χ1v) is 10.7. The Balaban J connectivity index is 1.70. The number of anilines is 1. The fraction of sp³-hybridized carbons (Fsp3) is 0.308. The zero-order chi connectivity index (χ0) is 23.8. The Kier molecular flexibility index (Phi) is 5.77. The van der Waals surface area contributed by atoms with Crippen LogP contribution < -0.4 is 5.32 Å². The van der Waals surface area contributed by atoms with E-state index in [1.807, 2.05) is 6.07 Å². The van der Waals surface area contributed by atoms with Crippen molar-refractivity contribution in [1.82, 2.24) is 0 Å². The van der Waals surface area contributed by atoms with Crippen LogP contribution in [0.25, 0.3) is 11.0 Å². The summed E-state index contributed by atoms with van der Waals surface area (Å²) in [5, 5.41) is 12.8. The van der Waals surface area contributed by atoms with Crippen LogP contribution in [0.4, 0.5) is 5.69 Å². The molecule has 0 aliphatic heterocycles. The maximum absolute atomic E-state index is 13.3. The molecule has 1 heterocycles. The SMILES string of the molecule is COC(=O)CCc1c(C(=O)c2cccc(C#N)c2)oc2cc(NC(=O)C3CC3(C)C)ccc12. The Bertz CT molecular complexity index is 1310. The smallest absolute Gasteiger partial charge is 0.305 e. The fourth-order valence-corrected chi connectivity index (χ4v) is 3.99. The van der Waals surface area contributed by atoms with Gasteiger partial charge in [0, 0.05) is 40.6 Å². The van der Waals surface area contributed by atoms with Gasteiger partial charge in [-0.2, -0.15) is 5.26 Å². The van der Waals surface area contributed by atoms with Gasteiger partial charge in [-0.3, -0.25) is 14.4 Å². The Labute approximate surface area is 191 Å². The highest BCUT2D eigenvalue weighted by Crippen LogP contribution is 2.52. The van der Waals surface area contributed by atoms with Gasteiger partial charge in [0.15, 0.2) is 5.76 Å². The van der Waals surface area contributed by atoms with Gasteiger partial charge in [0.05, 0.1) is 18.7 Å². The van der Waals surface area contributed by atoms with Crippen LogP contribution in [0.5, 0.6) is 0 Å². The molecule has 1 amide bonds. The molecule has 1 fully saturated rings. The summed E-state index contributed by atoms with van der Waals surface area (Å²) >= 11 is 0. The number of ether oxygens (including phenoxy) is 1. The third-order valence-electron chi connectivity index (χ3n) is 6.16. The lowest BCUT2D eigenvalue weighted by atomic mass is 9.99. The number of aryl methyl sites for hydroxylation is 1. The van der Waals surface area contributed by atoms with E-state index in [0.717, 1.165) is 6.42 Å². The molecule has 33 heavy (non-hydrogen) atoms. The Hall–Kier alpha value is -3.92. The molecule has 1 aromatic heterocycles. The van der Waals surface area contributed by atoms with E-state index < -0.39 is 5.97 Å². The number of hydrogen-bond donors (Lipinski definition) is 1. The monoisotopic (exact) mass is 444 g/mol. The molecule has 0 saturated heterocycles. The van der Waals surface area contributed by atoms with Crippen LogP contribution in [0.15, 0.2) is 46.9 Å². The number of nitriles is 1. The first-order valence-electron chi connectivity index (χ1n) is 10.7. The standard InChI is InChI=1S/C26H24N2O5/c1-26(2)13-20(26)25(31)28-17-7-8-18-19(9-10-22(29)32-3)24(33-21(18)12-17)23(30)16-6-4-5-15(11-16)14-27/h4-8,11-12,20H,9-10,13H2,1-3H3,(H,28,31). The number of nitrogens with one attached hydrogen (secondary N) is 1. The van der Waals surface area contributed by atoms with Gasteiger partial charge in [-0.1, -0.05) is 26.0 Å². The van der Waals surface area contributed by atoms with E-state index >= 15 is 0 Å². The molecule has 1 N–H and O–H groups in total. The molecule has 0 radical (unpaired) electrons. The second-order valence-electron chi connectivity index (χ2n) is 8.95. The average molecular weight is 444 g/mol. The minimum Gasteiger partial charge on any atom is -0.469 e. The summed E-state index contributed by atoms with van der Waals surface area (Å²) < 4.78 is 10.7. The molecule has 1 atom stereocenters. The highest BCUT2D eigenvalue weighted by molar-refractivity contribution is 6.11. The predicted octanol–water partition coefficient (Wildman–Crippen LogP) is 4.63. The summed E-state index contributed by atoms with van der Waals surface area (Å²) in [6.07, 6.45) is 1.18. The molecular weight excluding hydrogens is 420 g/mol. The van der Waals surface area contributed by atoms with Crippen molar-refractivity contribution in [3.63, 3.8) is 0 Å². The van der Waals surface area contributed by atoms with Crippen molar-refractivity contribution < 1.29 is 23.5 Å². The second kappa shape index (κ2) is 8.55. The lowest BCUT2D eigenvalue weighted by molar-refractivity contribution is -0.140. The van der Waals surface area contributed by atoms with Gasteiger partial charge >= 0.3 is 5.97 Å². The van der Waals surface area contributed by atoms with Crippen molar-refractivity contribution in [2.75, 3.05) is 12.4 Å². The third kappa shape index (κ3) is 4.51. The first kappa shape index (κ1) is 22.3. The van der Waals surface area contributed by atoms with E-state index in [2.05, 4.69) is 19.2 Å². The van der Waals surface area contributed by atoms with E-state index in [9.17, 15) is 14.4 Å². The van der Waals surface area contributed by atoms with Crippen LogP contribution in [-0.4, -0.2) is 24.8 Å². The fourth-order valence-electron chi connectivity index (χ4n) is 3.99. The van der Waals surface area contributed by atoms with E-state index in [1.54, 1.807) is 36.4 Å². The molecule has 3 aromatic rings. The van der Waals surface area contributed by atoms with Crippen LogP contribution in [0, 0.1) is 22.7 Å². The topological polar surface area (TPSA) is 109 Å². The highest BCUT2D eigenvalue weighted by Gasteiger charge is 2.50. The minimum absolute atomic E-state index is 0.0114. The van der Waals surface area contributed by atoms with Crippen molar-refractivity contribution in [1.29, 1.82) is 5.26 Å². The Morgan fingerprint density at radius 3 is 2.64 bits per heavy atom. The molecule has 4 rings (SSSR count). The molecule has 1 saturated carbocycles. The summed E-state index contributed by atoms with van der Waals surface area (Å²) in [4.78, 5) is 37.5. The maximum Gasteiger partial charge on any atom is 0.305 e. The number of fused-ring (bicyclic) bond motifs is 1. The molecule has 7 heteroatoms. The number of nitrogens with zero attached hydrogens (tertiary/aromatic N) is 1. The van der Waals surface area contributed by atoms with Gasteiger partial charge in [0.2, 0.25) is 11.7 Å². The van der Waals surface area contributed by atoms with Crippen LogP contribution in [-0.2, 0) is 20.7 Å². The predicted molar refractivity (Wildman–Crippen MR) is 122 cm³/mol. The lowest BCUT2D eigenvalue weighted by Gasteiger charge is -2.06. The van der Waals surface area contributed by atoms with Gasteiger partial charge in [-0.05, 0) is 42.5 Å². The van der Waals surface area contributed by atoms with Crippen LogP contribution in [0.3, 0.4) is 0 Å². The van der Waals surface area contributed by atoms with Crippen LogP contribution in [0.1, 0.15) is 53.9 Å². The van der Waals surface area contributed by atoms with Crippen LogP contribution in [0.2, 0.25) is 0 Å². The number of furan rings is 1. The van der Waals surface area contributed by atoms with Gasteiger partial charge in [-0.15, -0.1) is 0 Å². The average Bonchev–Trinajstić information content (AvgIpc) is 3.31. The second-order valence-corrected chi connectivity index (χ2v) is 8.95. The number of hydrogen-bond acceptors (Lipinski definition) is 6. The molecule has 2 aromatic carbocycles. The van der Waals surface area contributed by atoms with Crippen molar-refractivity contribution in [3.8, 4) is 6.07 Å². The number of methoxy groups -OCH3 is 1. The van der Waals surface area contributed by atoms with Crippen molar-refractivity contribution in [3.05, 3.63) is 64.9 Å². The molecule has 0 bridgehead atoms. The minimum atomic E-state index is -0.398. The van der Waals surface area contributed by atoms with E-state index in [0.29, 0.717) is 33.3 Å². The molecular formula is C26H24N2O5. The lowest BCUT2D eigenvalue weighted by Crippen LogP contribution is -2.16. The van der Waals surface area contributed by atoms with Crippen molar-refractivity contribution in [2.24, 2.45) is 11.3 Å². The van der Waals surface area contributed by atoms with E-state index in [1.165, 1.54) is 13.2 Å². The molecule has 1 aliphatic rings. The van der Waals surface area contributed by atoms with Crippen molar-refractivity contribution in [2.45, 2.75) is 33.1 Å². The summed E-state index contributed by atoms with van der Waals surface area (Å²) in [6, 6.07) is 13.6. The van der Waals surface area contributed by atoms with Gasteiger partial charge in [0.25, 0.3) is 0 Å². The van der Waals surface area contributed by atoms with E-state index in [-0.39, 0.29) is 41.6 Å². The molecule has 1 aliphatic carbocycles. The normalized spacial score (nSPS) is 16.1. The number of esters is 1. The number of ketones is 1. The first-order chi connectivity index (χ1) is 15.7. The van der Waals surface area contributed by atoms with Gasteiger partial charge in [0.1, 0.15) is 5.58 Å². The summed E-state index contributed by atoms with van der Waals surface area (Å²) in [5.74, 6) is -0.735. The molecule has 0 spiro atoms. The summed E-state index contributed by atoms with van der Waals surface area (Å²) in [6.45, 7) is 4.11. The van der Waals surface area contributed by atoms with Crippen LogP contribution >= 0.6 is 0 Å². The number of carbonyl (C=O) groups is 3. The highest BCUT2D eigenvalue weighted by atomic mass is 16.5. The largest absolute Gasteiger partial charge is 0.469 e. The van der Waals surface area contributed by atoms with Gasteiger partial charge < -0.3 is 14.5 Å². The number of benzene rings is 2. The Morgan fingerprint density at radius 1 is 1.21 bits per heavy atom. The summed E-state index contributed by atoms with van der Waals surface area (Å²) in [7, 11) is 1.31. The van der Waals surface area contributed by atoms with Crippen molar-refractivity contribution >= 4 is 34.3 Å². The zero-order valence-electron chi connectivity index (χ0n) is 18.7. The molecule has 168 valence electrons.